The summed E-state index contributed by atoms with van der Waals surface area (Å²) in [5.74, 6) is -0.372. The second-order valence-electron chi connectivity index (χ2n) is 6.02. The van der Waals surface area contributed by atoms with Crippen LogP contribution >= 0.6 is 27.5 Å². The average Bonchev–Trinajstić information content (AvgIpc) is 3.01. The number of nitrogens with zero attached hydrogens (tertiary/aromatic N) is 3. The number of rotatable bonds is 6. The number of carbonyl (C=O) groups excluding carboxylic acids is 1. The summed E-state index contributed by atoms with van der Waals surface area (Å²) in [6.45, 7) is 2.05. The second kappa shape index (κ2) is 8.26. The summed E-state index contributed by atoms with van der Waals surface area (Å²) in [5, 5.41) is 4.43. The van der Waals surface area contributed by atoms with Gasteiger partial charge in [-0.25, -0.2) is 18.1 Å². The Bertz CT molecular complexity index is 963. The van der Waals surface area contributed by atoms with Gasteiger partial charge in [0.15, 0.2) is 0 Å². The van der Waals surface area contributed by atoms with E-state index in [0.717, 1.165) is 24.1 Å². The minimum atomic E-state index is -3.79. The number of ether oxygens (including phenoxy) is 1. The highest BCUT2D eigenvalue weighted by molar-refractivity contribution is 9.10. The fraction of sp³-hybridized carbons (Fsp3) is 0.438. The number of esters is 1. The first kappa shape index (κ1) is 20.2. The third kappa shape index (κ3) is 4.50. The summed E-state index contributed by atoms with van der Waals surface area (Å²) in [5.41, 5.74) is 1.62. The van der Waals surface area contributed by atoms with Crippen LogP contribution in [0.2, 0.25) is 5.15 Å². The SMILES string of the molecule is CCOC(=O)Cn1ncc2c1CCCC2NS(=O)(=O)c1cnc(Cl)c(Br)c1. The highest BCUT2D eigenvalue weighted by atomic mass is 79.9. The van der Waals surface area contributed by atoms with Gasteiger partial charge in [0, 0.05) is 17.5 Å². The molecule has 27 heavy (non-hydrogen) atoms. The van der Waals surface area contributed by atoms with Crippen molar-refractivity contribution < 1.29 is 17.9 Å². The van der Waals surface area contributed by atoms with E-state index in [-0.39, 0.29) is 22.6 Å². The van der Waals surface area contributed by atoms with Gasteiger partial charge in [-0.1, -0.05) is 11.6 Å². The van der Waals surface area contributed by atoms with Crippen LogP contribution in [0.3, 0.4) is 0 Å². The van der Waals surface area contributed by atoms with Gasteiger partial charge in [-0.05, 0) is 48.2 Å². The van der Waals surface area contributed by atoms with Gasteiger partial charge >= 0.3 is 5.97 Å². The van der Waals surface area contributed by atoms with Crippen LogP contribution in [0.4, 0.5) is 0 Å². The van der Waals surface area contributed by atoms with E-state index in [9.17, 15) is 13.2 Å². The molecule has 3 rings (SSSR count). The van der Waals surface area contributed by atoms with E-state index in [4.69, 9.17) is 16.3 Å². The third-order valence-electron chi connectivity index (χ3n) is 4.23. The largest absolute Gasteiger partial charge is 0.465 e. The molecule has 0 aliphatic heterocycles. The number of aromatic nitrogens is 3. The van der Waals surface area contributed by atoms with Crippen LogP contribution < -0.4 is 4.72 Å². The maximum atomic E-state index is 12.7. The minimum absolute atomic E-state index is 0.0106. The zero-order chi connectivity index (χ0) is 19.6. The standard InChI is InChI=1S/C16H18BrClN4O4S/c1-2-26-15(23)9-22-14-5-3-4-13(11(14)8-20-22)21-27(24,25)10-6-12(17)16(18)19-7-10/h6-8,13,21H,2-5,9H2,1H3. The van der Waals surface area contributed by atoms with Crippen molar-refractivity contribution in [2.75, 3.05) is 6.61 Å². The van der Waals surface area contributed by atoms with Crippen LogP contribution in [0.15, 0.2) is 27.8 Å². The molecular weight excluding hydrogens is 460 g/mol. The Morgan fingerprint density at radius 3 is 2.96 bits per heavy atom. The predicted octanol–water partition coefficient (Wildman–Crippen LogP) is 2.61. The van der Waals surface area contributed by atoms with Crippen molar-refractivity contribution in [1.29, 1.82) is 0 Å². The van der Waals surface area contributed by atoms with Crippen molar-refractivity contribution >= 4 is 43.5 Å². The number of fused-ring (bicyclic) bond motifs is 1. The zero-order valence-electron chi connectivity index (χ0n) is 14.5. The van der Waals surface area contributed by atoms with Crippen molar-refractivity contribution in [2.24, 2.45) is 0 Å². The van der Waals surface area contributed by atoms with E-state index in [1.54, 1.807) is 17.8 Å². The summed E-state index contributed by atoms with van der Waals surface area (Å²) in [7, 11) is -3.79. The molecule has 0 radical (unpaired) electrons. The number of halogens is 2. The maximum absolute atomic E-state index is 12.7. The first-order valence-corrected chi connectivity index (χ1v) is 11.0. The van der Waals surface area contributed by atoms with Gasteiger partial charge in [0.2, 0.25) is 10.0 Å². The molecule has 2 aromatic rings. The molecule has 0 saturated heterocycles. The summed E-state index contributed by atoms with van der Waals surface area (Å²) in [6.07, 6.45) is 4.96. The Hall–Kier alpha value is -1.49. The Kier molecular flexibility index (Phi) is 6.19. The monoisotopic (exact) mass is 476 g/mol. The lowest BCUT2D eigenvalue weighted by molar-refractivity contribution is -0.144. The minimum Gasteiger partial charge on any atom is -0.465 e. The van der Waals surface area contributed by atoms with Crippen LogP contribution in [0.5, 0.6) is 0 Å². The Morgan fingerprint density at radius 2 is 2.26 bits per heavy atom. The number of hydrogen-bond acceptors (Lipinski definition) is 6. The number of nitrogens with one attached hydrogen (secondary N) is 1. The molecule has 1 aliphatic rings. The van der Waals surface area contributed by atoms with Crippen molar-refractivity contribution in [1.82, 2.24) is 19.5 Å². The Morgan fingerprint density at radius 1 is 1.48 bits per heavy atom. The third-order valence-corrected chi connectivity index (χ3v) is 6.80. The lowest BCUT2D eigenvalue weighted by atomic mass is 9.94. The van der Waals surface area contributed by atoms with Crippen molar-refractivity contribution in [2.45, 2.75) is 43.7 Å². The van der Waals surface area contributed by atoms with Gasteiger partial charge in [0.25, 0.3) is 0 Å². The highest BCUT2D eigenvalue weighted by Crippen LogP contribution is 2.31. The van der Waals surface area contributed by atoms with Gasteiger partial charge in [-0.3, -0.25) is 9.48 Å². The lowest BCUT2D eigenvalue weighted by Crippen LogP contribution is -2.31. The molecule has 11 heteroatoms. The summed E-state index contributed by atoms with van der Waals surface area (Å²) in [6, 6.07) is 0.982. The molecule has 1 atom stereocenters. The number of pyridine rings is 1. The van der Waals surface area contributed by atoms with E-state index in [2.05, 4.69) is 30.7 Å². The fourth-order valence-electron chi connectivity index (χ4n) is 3.01. The van der Waals surface area contributed by atoms with Crippen molar-refractivity contribution in [3.05, 3.63) is 39.3 Å². The summed E-state index contributed by atoms with van der Waals surface area (Å²) >= 11 is 9.02. The molecule has 8 nitrogen and oxygen atoms in total. The molecule has 2 heterocycles. The van der Waals surface area contributed by atoms with Gasteiger partial charge in [-0.2, -0.15) is 5.10 Å². The molecule has 1 aliphatic carbocycles. The number of carbonyl (C=O) groups is 1. The van der Waals surface area contributed by atoms with Gasteiger partial charge in [-0.15, -0.1) is 0 Å². The van der Waals surface area contributed by atoms with E-state index >= 15 is 0 Å². The number of hydrogen-bond donors (Lipinski definition) is 1. The van der Waals surface area contributed by atoms with Crippen molar-refractivity contribution in [3.63, 3.8) is 0 Å². The lowest BCUT2D eigenvalue weighted by Gasteiger charge is -2.24. The van der Waals surface area contributed by atoms with E-state index in [0.29, 0.717) is 17.5 Å². The van der Waals surface area contributed by atoms with Crippen molar-refractivity contribution in [3.8, 4) is 0 Å². The van der Waals surface area contributed by atoms with Crippen LogP contribution in [-0.2, 0) is 32.5 Å². The molecule has 1 N–H and O–H groups in total. The molecule has 0 amide bonds. The smallest absolute Gasteiger partial charge is 0.327 e. The molecule has 146 valence electrons. The predicted molar refractivity (Wildman–Crippen MR) is 102 cm³/mol. The summed E-state index contributed by atoms with van der Waals surface area (Å²) in [4.78, 5) is 15.6. The normalized spacial score (nSPS) is 16.8. The molecule has 0 fully saturated rings. The first-order valence-electron chi connectivity index (χ1n) is 8.35. The molecule has 0 spiro atoms. The van der Waals surface area contributed by atoms with Crippen LogP contribution in [0.25, 0.3) is 0 Å². The zero-order valence-corrected chi connectivity index (χ0v) is 17.6. The quantitative estimate of drug-likeness (QED) is 0.507. The van der Waals surface area contributed by atoms with E-state index in [1.165, 1.54) is 12.3 Å². The van der Waals surface area contributed by atoms with E-state index in [1.807, 2.05) is 0 Å². The average molecular weight is 478 g/mol. The van der Waals surface area contributed by atoms with Gasteiger partial charge in [0.05, 0.1) is 23.3 Å². The van der Waals surface area contributed by atoms with Gasteiger partial charge in [0.1, 0.15) is 16.6 Å². The molecule has 0 saturated carbocycles. The van der Waals surface area contributed by atoms with E-state index < -0.39 is 16.1 Å². The highest BCUT2D eigenvalue weighted by Gasteiger charge is 2.29. The Labute approximate surface area is 170 Å². The molecule has 0 aromatic carbocycles. The Balaban J connectivity index is 1.82. The summed E-state index contributed by atoms with van der Waals surface area (Å²) < 4.78 is 35.1. The molecule has 0 bridgehead atoms. The number of sulfonamides is 1. The van der Waals surface area contributed by atoms with Crippen LogP contribution in [-0.4, -0.2) is 35.8 Å². The second-order valence-corrected chi connectivity index (χ2v) is 8.95. The molecular formula is C16H18BrClN4O4S. The van der Waals surface area contributed by atoms with Crippen LogP contribution in [0.1, 0.15) is 37.1 Å². The topological polar surface area (TPSA) is 103 Å². The fourth-order valence-corrected chi connectivity index (χ4v) is 4.84. The molecule has 2 aromatic heterocycles. The van der Waals surface area contributed by atoms with Crippen LogP contribution in [0, 0.1) is 0 Å². The first-order chi connectivity index (χ1) is 12.8. The van der Waals surface area contributed by atoms with Gasteiger partial charge < -0.3 is 4.74 Å². The molecule has 1 unspecified atom stereocenters. The maximum Gasteiger partial charge on any atom is 0.327 e.